The third-order valence-corrected chi connectivity index (χ3v) is 3.39. The molecular formula is C15H29NO. The van der Waals surface area contributed by atoms with Gasteiger partial charge in [-0.15, -0.1) is 0 Å². The van der Waals surface area contributed by atoms with Gasteiger partial charge in [0.25, 0.3) is 0 Å². The molecule has 100 valence electrons. The summed E-state index contributed by atoms with van der Waals surface area (Å²) in [5.74, 6) is 1.00. The fraction of sp³-hybridized carbons (Fsp3) is 0.933. The lowest BCUT2D eigenvalue weighted by atomic mass is 10.1. The average Bonchev–Trinajstić information content (AvgIpc) is 2.85. The Morgan fingerprint density at radius 1 is 0.882 bits per heavy atom. The Bertz CT molecular complexity index is 201. The summed E-state index contributed by atoms with van der Waals surface area (Å²) in [6.45, 7) is 3.97. The van der Waals surface area contributed by atoms with E-state index in [1.165, 1.54) is 64.2 Å². The molecule has 0 saturated heterocycles. The molecule has 0 fully saturated rings. The molecule has 0 saturated carbocycles. The molecule has 0 bridgehead atoms. The van der Waals surface area contributed by atoms with Gasteiger partial charge in [-0.1, -0.05) is 64.7 Å². The summed E-state index contributed by atoms with van der Waals surface area (Å²) in [7, 11) is 0. The van der Waals surface area contributed by atoms with Gasteiger partial charge in [-0.3, -0.25) is 4.99 Å². The largest absolute Gasteiger partial charge is 0.479 e. The van der Waals surface area contributed by atoms with Crippen LogP contribution in [0.3, 0.4) is 0 Å². The molecule has 0 amide bonds. The predicted molar refractivity (Wildman–Crippen MR) is 74.7 cm³/mol. The van der Waals surface area contributed by atoms with Crippen molar-refractivity contribution in [3.63, 3.8) is 0 Å². The molecule has 2 heteroatoms. The maximum Gasteiger partial charge on any atom is 0.183 e. The number of rotatable bonds is 11. The second-order valence-corrected chi connectivity index (χ2v) is 5.06. The number of aliphatic imine (C=N–C) groups is 1. The quantitative estimate of drug-likeness (QED) is 0.478. The van der Waals surface area contributed by atoms with Crippen LogP contribution in [-0.4, -0.2) is 19.0 Å². The zero-order valence-corrected chi connectivity index (χ0v) is 11.5. The van der Waals surface area contributed by atoms with Crippen molar-refractivity contribution in [2.75, 3.05) is 13.2 Å². The van der Waals surface area contributed by atoms with Crippen molar-refractivity contribution in [3.8, 4) is 0 Å². The molecule has 2 nitrogen and oxygen atoms in total. The van der Waals surface area contributed by atoms with E-state index >= 15 is 0 Å². The van der Waals surface area contributed by atoms with Crippen molar-refractivity contribution in [3.05, 3.63) is 0 Å². The first-order valence-electron chi connectivity index (χ1n) is 7.59. The Labute approximate surface area is 107 Å². The summed E-state index contributed by atoms with van der Waals surface area (Å²) in [4.78, 5) is 4.31. The van der Waals surface area contributed by atoms with E-state index in [-0.39, 0.29) is 0 Å². The maximum atomic E-state index is 5.39. The molecule has 0 radical (unpaired) electrons. The standard InChI is InChI=1S/C15H29NO/c1-2-3-4-5-6-7-8-9-10-11-12-15-16-13-14-17-15/h2-14H2,1H3. The lowest BCUT2D eigenvalue weighted by Gasteiger charge is -2.03. The van der Waals surface area contributed by atoms with E-state index in [0.717, 1.165) is 25.5 Å². The Morgan fingerprint density at radius 3 is 2.00 bits per heavy atom. The molecule has 0 atom stereocenters. The number of unbranched alkanes of at least 4 members (excludes halogenated alkanes) is 9. The number of ether oxygens (including phenoxy) is 1. The molecule has 0 aromatic carbocycles. The zero-order valence-electron chi connectivity index (χ0n) is 11.5. The van der Waals surface area contributed by atoms with Crippen LogP contribution < -0.4 is 0 Å². The Kier molecular flexibility index (Phi) is 9.07. The van der Waals surface area contributed by atoms with Crippen LogP contribution in [0.25, 0.3) is 0 Å². The van der Waals surface area contributed by atoms with Crippen molar-refractivity contribution in [2.24, 2.45) is 4.99 Å². The molecular weight excluding hydrogens is 210 g/mol. The summed E-state index contributed by atoms with van der Waals surface area (Å²) in [5, 5.41) is 0. The highest BCUT2D eigenvalue weighted by Gasteiger charge is 2.05. The molecule has 0 aromatic rings. The van der Waals surface area contributed by atoms with E-state index in [1.54, 1.807) is 0 Å². The fourth-order valence-corrected chi connectivity index (χ4v) is 2.29. The lowest BCUT2D eigenvalue weighted by molar-refractivity contribution is 0.336. The molecule has 1 heterocycles. The fourth-order valence-electron chi connectivity index (χ4n) is 2.29. The van der Waals surface area contributed by atoms with Gasteiger partial charge in [-0.05, 0) is 6.42 Å². The lowest BCUT2D eigenvalue weighted by Crippen LogP contribution is -1.98. The van der Waals surface area contributed by atoms with E-state index in [2.05, 4.69) is 11.9 Å². The van der Waals surface area contributed by atoms with Crippen molar-refractivity contribution < 1.29 is 4.74 Å². The van der Waals surface area contributed by atoms with Crippen molar-refractivity contribution >= 4 is 5.90 Å². The summed E-state index contributed by atoms with van der Waals surface area (Å²) in [5.41, 5.74) is 0. The smallest absolute Gasteiger partial charge is 0.183 e. The third kappa shape index (κ3) is 8.23. The van der Waals surface area contributed by atoms with Crippen LogP contribution in [0.2, 0.25) is 0 Å². The van der Waals surface area contributed by atoms with Gasteiger partial charge >= 0.3 is 0 Å². The molecule has 0 aromatic heterocycles. The van der Waals surface area contributed by atoms with E-state index < -0.39 is 0 Å². The summed E-state index contributed by atoms with van der Waals surface area (Å²) in [6, 6.07) is 0. The van der Waals surface area contributed by atoms with Gasteiger partial charge in [-0.2, -0.15) is 0 Å². The van der Waals surface area contributed by atoms with E-state index in [0.29, 0.717) is 0 Å². The van der Waals surface area contributed by atoms with Crippen LogP contribution in [0.15, 0.2) is 4.99 Å². The molecule has 1 rings (SSSR count). The van der Waals surface area contributed by atoms with E-state index in [1.807, 2.05) is 0 Å². The van der Waals surface area contributed by atoms with Crippen molar-refractivity contribution in [1.82, 2.24) is 0 Å². The molecule has 1 aliphatic heterocycles. The molecule has 0 unspecified atom stereocenters. The van der Waals surface area contributed by atoms with Gasteiger partial charge in [-0.25, -0.2) is 0 Å². The predicted octanol–water partition coefficient (Wildman–Crippen LogP) is 4.73. The van der Waals surface area contributed by atoms with Crippen molar-refractivity contribution in [1.29, 1.82) is 0 Å². The Morgan fingerprint density at radius 2 is 1.47 bits per heavy atom. The van der Waals surface area contributed by atoms with Crippen LogP contribution >= 0.6 is 0 Å². The highest BCUT2D eigenvalue weighted by Crippen LogP contribution is 2.12. The SMILES string of the molecule is CCCCCCCCCCCCC1=NCCO1. The molecule has 1 aliphatic rings. The second-order valence-electron chi connectivity index (χ2n) is 5.06. The first-order chi connectivity index (χ1) is 8.43. The molecule has 0 aliphatic carbocycles. The van der Waals surface area contributed by atoms with Gasteiger partial charge in [0.2, 0.25) is 0 Å². The van der Waals surface area contributed by atoms with Gasteiger partial charge in [0, 0.05) is 6.42 Å². The summed E-state index contributed by atoms with van der Waals surface area (Å²) >= 11 is 0. The van der Waals surface area contributed by atoms with Crippen LogP contribution in [0.1, 0.15) is 77.6 Å². The minimum Gasteiger partial charge on any atom is -0.479 e. The van der Waals surface area contributed by atoms with Gasteiger partial charge < -0.3 is 4.74 Å². The topological polar surface area (TPSA) is 21.6 Å². The maximum absolute atomic E-state index is 5.39. The highest BCUT2D eigenvalue weighted by molar-refractivity contribution is 5.77. The first-order valence-corrected chi connectivity index (χ1v) is 7.59. The second kappa shape index (κ2) is 10.6. The van der Waals surface area contributed by atoms with Crippen LogP contribution in [0.5, 0.6) is 0 Å². The van der Waals surface area contributed by atoms with Crippen LogP contribution in [0.4, 0.5) is 0 Å². The van der Waals surface area contributed by atoms with Crippen molar-refractivity contribution in [2.45, 2.75) is 77.6 Å². The molecule has 0 spiro atoms. The van der Waals surface area contributed by atoms with E-state index in [4.69, 9.17) is 4.74 Å². The van der Waals surface area contributed by atoms with E-state index in [9.17, 15) is 0 Å². The minimum atomic E-state index is 0.813. The highest BCUT2D eigenvalue weighted by atomic mass is 16.5. The Hall–Kier alpha value is -0.530. The Balaban J connectivity index is 1.72. The number of hydrogen-bond acceptors (Lipinski definition) is 2. The third-order valence-electron chi connectivity index (χ3n) is 3.39. The first kappa shape index (κ1) is 14.5. The van der Waals surface area contributed by atoms with Crippen LogP contribution in [-0.2, 0) is 4.74 Å². The normalized spacial score (nSPS) is 14.8. The van der Waals surface area contributed by atoms with Gasteiger partial charge in [0.05, 0.1) is 6.54 Å². The minimum absolute atomic E-state index is 0.813. The molecule has 17 heavy (non-hydrogen) atoms. The monoisotopic (exact) mass is 239 g/mol. The zero-order chi connectivity index (χ0) is 12.2. The van der Waals surface area contributed by atoms with Crippen LogP contribution in [0, 0.1) is 0 Å². The average molecular weight is 239 g/mol. The number of nitrogens with zero attached hydrogens (tertiary/aromatic N) is 1. The van der Waals surface area contributed by atoms with Gasteiger partial charge in [0.15, 0.2) is 5.90 Å². The molecule has 0 N–H and O–H groups in total. The summed E-state index contributed by atoms with van der Waals surface area (Å²) in [6.07, 6.45) is 15.0. The van der Waals surface area contributed by atoms with Gasteiger partial charge in [0.1, 0.15) is 6.61 Å². The number of hydrogen-bond donors (Lipinski definition) is 0. The summed E-state index contributed by atoms with van der Waals surface area (Å²) < 4.78 is 5.39.